The Kier molecular flexibility index (Phi) is 17.6. The SMILES string of the molecule is C=CC[N+](CC=C)(CC=C)C[Si](OCCC)(OCCC)OCCC.[I-]. The third-order valence-corrected chi connectivity index (χ3v) is 6.65. The van der Waals surface area contributed by atoms with E-state index in [0.29, 0.717) is 19.8 Å². The minimum Gasteiger partial charge on any atom is -1.00 e. The van der Waals surface area contributed by atoms with Crippen LogP contribution in [0.15, 0.2) is 38.0 Å². The molecule has 0 amide bonds. The van der Waals surface area contributed by atoms with E-state index < -0.39 is 8.80 Å². The summed E-state index contributed by atoms with van der Waals surface area (Å²) in [5, 5.41) is 0. The predicted octanol–water partition coefficient (Wildman–Crippen LogP) is 1.12. The summed E-state index contributed by atoms with van der Waals surface area (Å²) in [6.45, 7) is 22.6. The van der Waals surface area contributed by atoms with Crippen LogP contribution in [-0.4, -0.2) is 58.9 Å². The Labute approximate surface area is 173 Å². The molecule has 0 fully saturated rings. The second-order valence-electron chi connectivity index (χ2n) is 6.14. The number of hydrogen-bond acceptors (Lipinski definition) is 3. The average molecular weight is 484 g/mol. The van der Waals surface area contributed by atoms with Crippen molar-refractivity contribution in [2.24, 2.45) is 0 Å². The van der Waals surface area contributed by atoms with Crippen LogP contribution in [0, 0.1) is 0 Å². The van der Waals surface area contributed by atoms with Crippen LogP contribution < -0.4 is 24.0 Å². The normalized spacial score (nSPS) is 11.6. The van der Waals surface area contributed by atoms with Crippen molar-refractivity contribution in [3.8, 4) is 0 Å². The van der Waals surface area contributed by atoms with Crippen molar-refractivity contribution in [1.29, 1.82) is 0 Å². The van der Waals surface area contributed by atoms with Crippen molar-refractivity contribution in [2.45, 2.75) is 40.0 Å². The molecule has 0 N–H and O–H groups in total. The molecule has 0 heterocycles. The first-order chi connectivity index (χ1) is 11.6. The van der Waals surface area contributed by atoms with Gasteiger partial charge in [-0.15, -0.1) is 0 Å². The van der Waals surface area contributed by atoms with Gasteiger partial charge in [0.2, 0.25) is 0 Å². The van der Waals surface area contributed by atoms with Gasteiger partial charge < -0.3 is 41.7 Å². The molecular weight excluding hydrogens is 445 g/mol. The molecule has 0 radical (unpaired) electrons. The third-order valence-electron chi connectivity index (χ3n) is 3.66. The summed E-state index contributed by atoms with van der Waals surface area (Å²) in [6.07, 6.45) is 9.41. The van der Waals surface area contributed by atoms with Gasteiger partial charge in [-0.1, -0.05) is 40.5 Å². The molecule has 0 aliphatic heterocycles. The minimum absolute atomic E-state index is 0. The first-order valence-electron chi connectivity index (χ1n) is 9.17. The van der Waals surface area contributed by atoms with Gasteiger partial charge in [0.1, 0.15) is 6.17 Å². The maximum atomic E-state index is 6.25. The van der Waals surface area contributed by atoms with Crippen molar-refractivity contribution in [2.75, 3.05) is 45.6 Å². The monoisotopic (exact) mass is 483 g/mol. The second kappa shape index (κ2) is 16.2. The summed E-state index contributed by atoms with van der Waals surface area (Å²) in [6, 6.07) is 0. The van der Waals surface area contributed by atoms with E-state index in [0.717, 1.165) is 49.5 Å². The second-order valence-corrected chi connectivity index (χ2v) is 8.69. The van der Waals surface area contributed by atoms with Crippen LogP contribution in [0.5, 0.6) is 0 Å². The molecule has 4 nitrogen and oxygen atoms in total. The molecule has 0 bridgehead atoms. The smallest absolute Gasteiger partial charge is 0.559 e. The fourth-order valence-electron chi connectivity index (χ4n) is 2.68. The first kappa shape index (κ1) is 27.2. The minimum atomic E-state index is -2.78. The largest absolute Gasteiger partial charge is 1.00 e. The Hall–Kier alpha value is 0.00688. The van der Waals surface area contributed by atoms with Gasteiger partial charge in [0.15, 0.2) is 0 Å². The Balaban J connectivity index is 0. The Morgan fingerprint density at radius 2 is 1.04 bits per heavy atom. The Morgan fingerprint density at radius 1 is 0.720 bits per heavy atom. The molecule has 0 atom stereocenters. The summed E-state index contributed by atoms with van der Waals surface area (Å²) < 4.78 is 19.5. The average Bonchev–Trinajstić information content (AvgIpc) is 2.57. The van der Waals surface area contributed by atoms with Gasteiger partial charge in [0.25, 0.3) is 0 Å². The van der Waals surface area contributed by atoms with Crippen molar-refractivity contribution in [3.63, 3.8) is 0 Å². The lowest BCUT2D eigenvalue weighted by Gasteiger charge is -2.41. The zero-order valence-electron chi connectivity index (χ0n) is 16.5. The van der Waals surface area contributed by atoms with Crippen LogP contribution in [0.1, 0.15) is 40.0 Å². The van der Waals surface area contributed by atoms with Gasteiger partial charge in [0, 0.05) is 19.8 Å². The first-order valence-corrected chi connectivity index (χ1v) is 11.1. The van der Waals surface area contributed by atoms with Crippen molar-refractivity contribution < 1.29 is 41.7 Å². The quantitative estimate of drug-likeness (QED) is 0.134. The molecule has 6 heteroatoms. The van der Waals surface area contributed by atoms with E-state index in [9.17, 15) is 0 Å². The lowest BCUT2D eigenvalue weighted by molar-refractivity contribution is -0.904. The van der Waals surface area contributed by atoms with Crippen LogP contribution in [0.2, 0.25) is 0 Å². The van der Waals surface area contributed by atoms with Crippen LogP contribution in [-0.2, 0) is 13.3 Å². The zero-order chi connectivity index (χ0) is 18.3. The number of rotatable bonds is 17. The molecule has 0 aromatic carbocycles. The summed E-state index contributed by atoms with van der Waals surface area (Å²) >= 11 is 0. The fraction of sp³-hybridized carbons (Fsp3) is 0.684. The van der Waals surface area contributed by atoms with E-state index >= 15 is 0 Å². The van der Waals surface area contributed by atoms with Crippen LogP contribution in [0.25, 0.3) is 0 Å². The molecule has 0 saturated carbocycles. The predicted molar refractivity (Wildman–Crippen MR) is 105 cm³/mol. The van der Waals surface area contributed by atoms with Gasteiger partial charge in [-0.3, -0.25) is 0 Å². The van der Waals surface area contributed by atoms with Gasteiger partial charge in [-0.25, -0.2) is 0 Å². The number of quaternary nitrogens is 1. The van der Waals surface area contributed by atoms with Gasteiger partial charge in [-0.2, -0.15) is 0 Å². The number of hydrogen-bond donors (Lipinski definition) is 0. The highest BCUT2D eigenvalue weighted by Gasteiger charge is 2.49. The van der Waals surface area contributed by atoms with E-state index in [-0.39, 0.29) is 24.0 Å². The molecule has 0 unspecified atom stereocenters. The third kappa shape index (κ3) is 10.7. The van der Waals surface area contributed by atoms with Gasteiger partial charge in [0.05, 0.1) is 19.6 Å². The molecule has 0 aliphatic carbocycles. The molecule has 0 rings (SSSR count). The molecule has 148 valence electrons. The highest BCUT2D eigenvalue weighted by atomic mass is 127. The van der Waals surface area contributed by atoms with Crippen molar-refractivity contribution in [3.05, 3.63) is 38.0 Å². The molecule has 0 aromatic heterocycles. The van der Waals surface area contributed by atoms with E-state index in [1.165, 1.54) is 0 Å². The molecule has 0 aromatic rings. The molecule has 0 spiro atoms. The van der Waals surface area contributed by atoms with Crippen molar-refractivity contribution >= 4 is 8.80 Å². The van der Waals surface area contributed by atoms with Crippen molar-refractivity contribution in [1.82, 2.24) is 0 Å². The standard InChI is InChI=1S/C19H38NO3Si.HI/c1-7-13-20(14-8-2,15-9-3)19-24(21-16-10-4,22-17-11-5)23-18-12-6;/h7-9H,1-3,10-19H2,4-6H3;1H/q+1;/p-1. The highest BCUT2D eigenvalue weighted by Crippen LogP contribution is 2.20. The summed E-state index contributed by atoms with van der Waals surface area (Å²) in [7, 11) is -2.78. The number of nitrogens with zero attached hydrogens (tertiary/aromatic N) is 1. The molecule has 0 saturated heterocycles. The lowest BCUT2D eigenvalue weighted by Crippen LogP contribution is -3.00. The summed E-state index contributed by atoms with van der Waals surface area (Å²) in [4.78, 5) is 0. The Morgan fingerprint density at radius 3 is 1.28 bits per heavy atom. The van der Waals surface area contributed by atoms with Gasteiger partial charge in [-0.05, 0) is 37.5 Å². The molecule has 0 aliphatic rings. The maximum absolute atomic E-state index is 6.25. The van der Waals surface area contributed by atoms with Crippen LogP contribution in [0.3, 0.4) is 0 Å². The molecule has 25 heavy (non-hydrogen) atoms. The van der Waals surface area contributed by atoms with E-state index in [1.807, 2.05) is 18.2 Å². The van der Waals surface area contributed by atoms with Gasteiger partial charge >= 0.3 is 8.80 Å². The van der Waals surface area contributed by atoms with Crippen LogP contribution in [0.4, 0.5) is 0 Å². The maximum Gasteiger partial charge on any atom is 0.559 e. The summed E-state index contributed by atoms with van der Waals surface area (Å²) in [5.74, 6) is 0. The topological polar surface area (TPSA) is 27.7 Å². The summed E-state index contributed by atoms with van der Waals surface area (Å²) in [5.41, 5.74) is 0. The lowest BCUT2D eigenvalue weighted by atomic mass is 10.3. The Bertz CT molecular complexity index is 318. The van der Waals surface area contributed by atoms with E-state index in [2.05, 4.69) is 40.5 Å². The van der Waals surface area contributed by atoms with E-state index in [4.69, 9.17) is 13.3 Å². The highest BCUT2D eigenvalue weighted by molar-refractivity contribution is 6.60. The zero-order valence-corrected chi connectivity index (χ0v) is 19.6. The van der Waals surface area contributed by atoms with Crippen LogP contribution >= 0.6 is 0 Å². The fourth-order valence-corrected chi connectivity index (χ4v) is 5.96. The number of halogens is 1. The van der Waals surface area contributed by atoms with E-state index in [1.54, 1.807) is 0 Å². The molecular formula is C19H38INO3Si.